The average molecular weight is 233 g/mol. The Morgan fingerprint density at radius 2 is 2.33 bits per heavy atom. The molecule has 0 amide bonds. The Morgan fingerprint density at radius 1 is 1.73 bits per heavy atom. The molecule has 0 aromatic carbocycles. The topological polar surface area (TPSA) is 59.4 Å². The summed E-state index contributed by atoms with van der Waals surface area (Å²) in [5.41, 5.74) is -1.70. The van der Waals surface area contributed by atoms with E-state index in [1.54, 1.807) is 0 Å². The van der Waals surface area contributed by atoms with Crippen LogP contribution in [0.4, 0.5) is 4.39 Å². The Balaban J connectivity index is 2.89. The van der Waals surface area contributed by atoms with Crippen LogP contribution in [0.15, 0.2) is 5.38 Å². The van der Waals surface area contributed by atoms with Gasteiger partial charge in [-0.3, -0.25) is 0 Å². The van der Waals surface area contributed by atoms with E-state index >= 15 is 0 Å². The van der Waals surface area contributed by atoms with Crippen LogP contribution in [0.1, 0.15) is 35.4 Å². The first-order valence-electron chi connectivity index (χ1n) is 4.27. The van der Waals surface area contributed by atoms with Crippen LogP contribution < -0.4 is 0 Å². The molecule has 0 radical (unpaired) electrons. The summed E-state index contributed by atoms with van der Waals surface area (Å²) in [5.74, 6) is -0.596. The second kappa shape index (κ2) is 4.24. The van der Waals surface area contributed by atoms with Crippen LogP contribution in [0.5, 0.6) is 0 Å². The van der Waals surface area contributed by atoms with Crippen molar-refractivity contribution >= 4 is 17.3 Å². The number of aromatic nitrogens is 1. The molecule has 6 heteroatoms. The lowest BCUT2D eigenvalue weighted by atomic mass is 10.1. The summed E-state index contributed by atoms with van der Waals surface area (Å²) in [6.45, 7) is 2.49. The van der Waals surface area contributed by atoms with Gasteiger partial charge in [0, 0.05) is 5.38 Å². The largest absolute Gasteiger partial charge is 0.464 e. The van der Waals surface area contributed by atoms with Crippen molar-refractivity contribution in [3.05, 3.63) is 16.1 Å². The van der Waals surface area contributed by atoms with Gasteiger partial charge in [-0.25, -0.2) is 14.2 Å². The number of aliphatic hydroxyl groups excluding tert-OH is 1. The van der Waals surface area contributed by atoms with Gasteiger partial charge in [0.1, 0.15) is 16.8 Å². The normalized spacial score (nSPS) is 13.7. The van der Waals surface area contributed by atoms with Gasteiger partial charge in [-0.2, -0.15) is 0 Å². The SMILES string of the molecule is COC(=O)c1csc(C(O)C(C)(C)F)n1. The fraction of sp³-hybridized carbons (Fsp3) is 0.556. The summed E-state index contributed by atoms with van der Waals surface area (Å²) in [5, 5.41) is 11.1. The Hall–Kier alpha value is -1.01. The number of halogens is 1. The van der Waals surface area contributed by atoms with Gasteiger partial charge < -0.3 is 9.84 Å². The van der Waals surface area contributed by atoms with Crippen LogP contribution in [0.25, 0.3) is 0 Å². The monoisotopic (exact) mass is 233 g/mol. The highest BCUT2D eigenvalue weighted by molar-refractivity contribution is 7.09. The van der Waals surface area contributed by atoms with Crippen LogP contribution in [0, 0.1) is 0 Å². The molecule has 15 heavy (non-hydrogen) atoms. The molecule has 1 rings (SSSR count). The second-order valence-electron chi connectivity index (χ2n) is 3.53. The maximum absolute atomic E-state index is 13.4. The van der Waals surface area contributed by atoms with Crippen LogP contribution in [0.2, 0.25) is 0 Å². The first-order chi connectivity index (χ1) is 6.86. The van der Waals surface area contributed by atoms with E-state index in [9.17, 15) is 14.3 Å². The van der Waals surface area contributed by atoms with Crippen molar-refractivity contribution in [1.29, 1.82) is 0 Å². The van der Waals surface area contributed by atoms with Crippen LogP contribution >= 0.6 is 11.3 Å². The van der Waals surface area contributed by atoms with Gasteiger partial charge in [-0.05, 0) is 13.8 Å². The number of esters is 1. The lowest BCUT2D eigenvalue weighted by molar-refractivity contribution is 0.0158. The minimum absolute atomic E-state index is 0.0841. The van der Waals surface area contributed by atoms with E-state index in [1.807, 2.05) is 0 Å². The predicted molar refractivity (Wildman–Crippen MR) is 53.6 cm³/mol. The zero-order chi connectivity index (χ0) is 11.6. The van der Waals surface area contributed by atoms with E-state index in [-0.39, 0.29) is 10.7 Å². The van der Waals surface area contributed by atoms with E-state index < -0.39 is 17.7 Å². The van der Waals surface area contributed by atoms with Crippen LogP contribution in [0.3, 0.4) is 0 Å². The minimum atomic E-state index is -1.79. The summed E-state index contributed by atoms with van der Waals surface area (Å²) in [4.78, 5) is 14.8. The third kappa shape index (κ3) is 2.73. The number of hydrogen-bond donors (Lipinski definition) is 1. The number of carbonyl (C=O) groups is 1. The van der Waals surface area contributed by atoms with Crippen molar-refractivity contribution in [3.8, 4) is 0 Å². The summed E-state index contributed by atoms with van der Waals surface area (Å²) in [7, 11) is 1.23. The third-order valence-electron chi connectivity index (χ3n) is 1.80. The molecule has 1 heterocycles. The Morgan fingerprint density at radius 3 is 2.80 bits per heavy atom. The standard InChI is InChI=1S/C9H12FNO3S/c1-9(2,10)6(12)7-11-5(4-15-7)8(13)14-3/h4,6,12H,1-3H3. The molecule has 1 N–H and O–H groups in total. The van der Waals surface area contributed by atoms with E-state index in [4.69, 9.17) is 0 Å². The maximum Gasteiger partial charge on any atom is 0.357 e. The van der Waals surface area contributed by atoms with Crippen molar-refractivity contribution in [2.24, 2.45) is 0 Å². The first kappa shape index (κ1) is 12.1. The van der Waals surface area contributed by atoms with Gasteiger partial charge in [-0.15, -0.1) is 11.3 Å². The summed E-state index contributed by atoms with van der Waals surface area (Å²) in [6.07, 6.45) is -1.33. The molecule has 0 saturated heterocycles. The Labute approximate surface area is 90.7 Å². The number of rotatable bonds is 3. The van der Waals surface area contributed by atoms with Gasteiger partial charge in [0.25, 0.3) is 0 Å². The predicted octanol–water partition coefficient (Wildman–Crippen LogP) is 1.71. The number of hydrogen-bond acceptors (Lipinski definition) is 5. The fourth-order valence-corrected chi connectivity index (χ4v) is 1.85. The molecule has 0 aliphatic heterocycles. The first-order valence-corrected chi connectivity index (χ1v) is 5.15. The molecule has 0 spiro atoms. The van der Waals surface area contributed by atoms with Crippen molar-refractivity contribution in [1.82, 2.24) is 4.98 Å². The van der Waals surface area contributed by atoms with E-state index in [2.05, 4.69) is 9.72 Å². The highest BCUT2D eigenvalue weighted by Crippen LogP contribution is 2.30. The number of ether oxygens (including phenoxy) is 1. The van der Waals surface area contributed by atoms with Crippen LogP contribution in [-0.4, -0.2) is 28.8 Å². The minimum Gasteiger partial charge on any atom is -0.464 e. The Kier molecular flexibility index (Phi) is 3.41. The number of thiazole rings is 1. The smallest absolute Gasteiger partial charge is 0.357 e. The van der Waals surface area contributed by atoms with Crippen molar-refractivity contribution in [2.75, 3.05) is 7.11 Å². The number of carbonyl (C=O) groups excluding carboxylic acids is 1. The zero-order valence-corrected chi connectivity index (χ0v) is 9.47. The molecule has 0 bridgehead atoms. The van der Waals surface area contributed by atoms with Crippen molar-refractivity contribution in [3.63, 3.8) is 0 Å². The molecule has 1 aromatic rings. The lowest BCUT2D eigenvalue weighted by Crippen LogP contribution is -2.23. The quantitative estimate of drug-likeness (QED) is 0.807. The zero-order valence-electron chi connectivity index (χ0n) is 8.65. The summed E-state index contributed by atoms with van der Waals surface area (Å²) >= 11 is 1.03. The molecular formula is C9H12FNO3S. The second-order valence-corrected chi connectivity index (χ2v) is 4.42. The highest BCUT2D eigenvalue weighted by Gasteiger charge is 2.31. The number of nitrogens with zero attached hydrogens (tertiary/aromatic N) is 1. The molecule has 0 aliphatic rings. The van der Waals surface area contributed by atoms with E-state index in [0.29, 0.717) is 0 Å². The molecule has 0 saturated carbocycles. The van der Waals surface area contributed by atoms with Gasteiger partial charge in [0.2, 0.25) is 0 Å². The van der Waals surface area contributed by atoms with Gasteiger partial charge in [-0.1, -0.05) is 0 Å². The van der Waals surface area contributed by atoms with Gasteiger partial charge >= 0.3 is 5.97 Å². The molecular weight excluding hydrogens is 221 g/mol. The lowest BCUT2D eigenvalue weighted by Gasteiger charge is -2.19. The van der Waals surface area contributed by atoms with Gasteiger partial charge in [0.05, 0.1) is 7.11 Å². The van der Waals surface area contributed by atoms with E-state index in [1.165, 1.54) is 26.3 Å². The molecule has 84 valence electrons. The molecule has 4 nitrogen and oxygen atoms in total. The van der Waals surface area contributed by atoms with Crippen molar-refractivity contribution in [2.45, 2.75) is 25.6 Å². The summed E-state index contributed by atoms with van der Waals surface area (Å²) in [6, 6.07) is 0. The fourth-order valence-electron chi connectivity index (χ4n) is 0.905. The molecule has 1 atom stereocenters. The molecule has 0 aliphatic carbocycles. The molecule has 0 fully saturated rings. The van der Waals surface area contributed by atoms with Crippen LogP contribution in [-0.2, 0) is 4.74 Å². The number of aliphatic hydroxyl groups is 1. The third-order valence-corrected chi connectivity index (χ3v) is 2.70. The number of alkyl halides is 1. The highest BCUT2D eigenvalue weighted by atomic mass is 32.1. The number of methoxy groups -OCH3 is 1. The van der Waals surface area contributed by atoms with Crippen molar-refractivity contribution < 1.29 is 19.0 Å². The average Bonchev–Trinajstić information content (AvgIpc) is 2.62. The molecule has 1 aromatic heterocycles. The molecule has 1 unspecified atom stereocenters. The Bertz CT molecular complexity index is 358. The maximum atomic E-state index is 13.4. The van der Waals surface area contributed by atoms with E-state index in [0.717, 1.165) is 11.3 Å². The van der Waals surface area contributed by atoms with Gasteiger partial charge in [0.15, 0.2) is 5.69 Å². The summed E-state index contributed by atoms with van der Waals surface area (Å²) < 4.78 is 17.8.